The van der Waals surface area contributed by atoms with Crippen LogP contribution in [0.1, 0.15) is 24.8 Å². The maximum atomic E-state index is 12.2. The summed E-state index contributed by atoms with van der Waals surface area (Å²) in [7, 11) is 1.61. The summed E-state index contributed by atoms with van der Waals surface area (Å²) in [6.07, 6.45) is -3.40. The summed E-state index contributed by atoms with van der Waals surface area (Å²) in [4.78, 5) is 12.9. The van der Waals surface area contributed by atoms with E-state index >= 15 is 0 Å². The molecule has 1 saturated heterocycles. The molecular formula is C16H20F3NO2. The molecule has 122 valence electrons. The first-order valence-corrected chi connectivity index (χ1v) is 7.35. The van der Waals surface area contributed by atoms with E-state index in [1.807, 2.05) is 24.3 Å². The molecule has 22 heavy (non-hydrogen) atoms. The van der Waals surface area contributed by atoms with Crippen molar-refractivity contribution in [3.05, 3.63) is 29.8 Å². The van der Waals surface area contributed by atoms with Crippen molar-refractivity contribution in [3.63, 3.8) is 0 Å². The van der Waals surface area contributed by atoms with Crippen LogP contribution in [0, 0.1) is 5.92 Å². The summed E-state index contributed by atoms with van der Waals surface area (Å²) >= 11 is 0. The Morgan fingerprint density at radius 3 is 2.32 bits per heavy atom. The van der Waals surface area contributed by atoms with Crippen LogP contribution < -0.4 is 4.74 Å². The summed E-state index contributed by atoms with van der Waals surface area (Å²) in [6.45, 7) is 0.825. The zero-order chi connectivity index (χ0) is 16.2. The molecule has 1 aromatic carbocycles. The van der Waals surface area contributed by atoms with E-state index < -0.39 is 18.5 Å². The van der Waals surface area contributed by atoms with Gasteiger partial charge in [-0.25, -0.2) is 0 Å². The number of hydrogen-bond acceptors (Lipinski definition) is 2. The molecule has 0 saturated carbocycles. The summed E-state index contributed by atoms with van der Waals surface area (Å²) in [5, 5.41) is 0. The first-order chi connectivity index (χ1) is 10.4. The van der Waals surface area contributed by atoms with Crippen molar-refractivity contribution < 1.29 is 22.7 Å². The molecule has 3 nitrogen and oxygen atoms in total. The van der Waals surface area contributed by atoms with Crippen LogP contribution in [-0.2, 0) is 11.2 Å². The molecule has 2 rings (SSSR count). The molecule has 0 atom stereocenters. The highest BCUT2D eigenvalue weighted by Crippen LogP contribution is 2.26. The van der Waals surface area contributed by atoms with Gasteiger partial charge < -0.3 is 9.64 Å². The number of hydrogen-bond donors (Lipinski definition) is 0. The Bertz CT molecular complexity index is 491. The topological polar surface area (TPSA) is 29.5 Å². The van der Waals surface area contributed by atoms with Gasteiger partial charge in [0.25, 0.3) is 0 Å². The van der Waals surface area contributed by atoms with E-state index in [0.717, 1.165) is 25.0 Å². The molecule has 1 fully saturated rings. The minimum atomic E-state index is -4.42. The largest absolute Gasteiger partial charge is 0.497 e. The van der Waals surface area contributed by atoms with E-state index in [2.05, 4.69) is 0 Å². The number of rotatable bonds is 4. The van der Waals surface area contributed by atoms with Gasteiger partial charge in [0.2, 0.25) is 5.91 Å². The van der Waals surface area contributed by atoms with Crippen molar-refractivity contribution in [2.24, 2.45) is 5.92 Å². The number of carbonyl (C=O) groups excluding carboxylic acids is 1. The summed E-state index contributed by atoms with van der Waals surface area (Å²) in [6, 6.07) is 7.80. The van der Waals surface area contributed by atoms with Crippen molar-refractivity contribution in [1.82, 2.24) is 4.90 Å². The molecule has 0 spiro atoms. The normalized spacial score (nSPS) is 16.6. The SMILES string of the molecule is COc1ccc(CC2CCN(C(=O)CC(F)(F)F)CC2)cc1. The molecule has 1 amide bonds. The minimum absolute atomic E-state index is 0.406. The third-order valence-corrected chi connectivity index (χ3v) is 4.00. The zero-order valence-corrected chi connectivity index (χ0v) is 12.5. The molecule has 6 heteroatoms. The van der Waals surface area contributed by atoms with Gasteiger partial charge in [0.15, 0.2) is 0 Å². The Balaban J connectivity index is 1.80. The first kappa shape index (κ1) is 16.6. The van der Waals surface area contributed by atoms with Crippen LogP contribution in [0.4, 0.5) is 13.2 Å². The highest BCUT2D eigenvalue weighted by molar-refractivity contribution is 5.76. The average Bonchev–Trinajstić information content (AvgIpc) is 2.47. The highest BCUT2D eigenvalue weighted by atomic mass is 19.4. The molecule has 1 aliphatic rings. The van der Waals surface area contributed by atoms with Gasteiger partial charge in [-0.1, -0.05) is 12.1 Å². The maximum absolute atomic E-state index is 12.2. The van der Waals surface area contributed by atoms with E-state index in [0.29, 0.717) is 19.0 Å². The van der Waals surface area contributed by atoms with Crippen molar-refractivity contribution in [3.8, 4) is 5.75 Å². The van der Waals surface area contributed by atoms with Gasteiger partial charge in [0.1, 0.15) is 12.2 Å². The molecule has 1 heterocycles. The highest BCUT2D eigenvalue weighted by Gasteiger charge is 2.34. The van der Waals surface area contributed by atoms with Crippen LogP contribution in [0.25, 0.3) is 0 Å². The number of halogens is 3. The quantitative estimate of drug-likeness (QED) is 0.852. The predicted octanol–water partition coefficient (Wildman–Crippen LogP) is 3.43. The number of methoxy groups -OCH3 is 1. The third-order valence-electron chi connectivity index (χ3n) is 4.00. The smallest absolute Gasteiger partial charge is 0.397 e. The molecule has 1 aliphatic heterocycles. The van der Waals surface area contributed by atoms with Crippen LogP contribution >= 0.6 is 0 Å². The van der Waals surface area contributed by atoms with Crippen molar-refractivity contribution in [2.75, 3.05) is 20.2 Å². The molecule has 0 bridgehead atoms. The fourth-order valence-electron chi connectivity index (χ4n) is 2.76. The standard InChI is InChI=1S/C16H20F3NO2/c1-22-14-4-2-12(3-5-14)10-13-6-8-20(9-7-13)15(21)11-16(17,18)19/h2-5,13H,6-11H2,1H3. The van der Waals surface area contributed by atoms with Crippen molar-refractivity contribution in [2.45, 2.75) is 31.9 Å². The van der Waals surface area contributed by atoms with E-state index in [9.17, 15) is 18.0 Å². The van der Waals surface area contributed by atoms with Crippen molar-refractivity contribution in [1.29, 1.82) is 0 Å². The number of likely N-dealkylation sites (tertiary alicyclic amines) is 1. The lowest BCUT2D eigenvalue weighted by Crippen LogP contribution is -2.40. The second kappa shape index (κ2) is 7.03. The lowest BCUT2D eigenvalue weighted by molar-refractivity contribution is -0.162. The van der Waals surface area contributed by atoms with Crippen LogP contribution in [0.2, 0.25) is 0 Å². The number of benzene rings is 1. The van der Waals surface area contributed by atoms with Gasteiger partial charge in [0.05, 0.1) is 7.11 Å². The van der Waals surface area contributed by atoms with Crippen LogP contribution in [-0.4, -0.2) is 37.2 Å². The average molecular weight is 315 g/mol. The monoisotopic (exact) mass is 315 g/mol. The molecule has 0 unspecified atom stereocenters. The summed E-state index contributed by atoms with van der Waals surface area (Å²) < 4.78 is 41.8. The zero-order valence-electron chi connectivity index (χ0n) is 12.5. The predicted molar refractivity (Wildman–Crippen MR) is 76.7 cm³/mol. The fraction of sp³-hybridized carbons (Fsp3) is 0.562. The van der Waals surface area contributed by atoms with Gasteiger partial charge in [0, 0.05) is 13.1 Å². The van der Waals surface area contributed by atoms with Gasteiger partial charge in [-0.2, -0.15) is 13.2 Å². The van der Waals surface area contributed by atoms with Crippen LogP contribution in [0.15, 0.2) is 24.3 Å². The van der Waals surface area contributed by atoms with Crippen LogP contribution in [0.5, 0.6) is 5.75 Å². The van der Waals surface area contributed by atoms with Gasteiger partial charge in [-0.15, -0.1) is 0 Å². The Hall–Kier alpha value is -1.72. The number of ether oxygens (including phenoxy) is 1. The number of alkyl halides is 3. The van der Waals surface area contributed by atoms with E-state index in [1.54, 1.807) is 7.11 Å². The Morgan fingerprint density at radius 2 is 1.82 bits per heavy atom. The van der Waals surface area contributed by atoms with Crippen molar-refractivity contribution >= 4 is 5.91 Å². The second-order valence-electron chi connectivity index (χ2n) is 5.67. The van der Waals surface area contributed by atoms with E-state index in [4.69, 9.17) is 4.74 Å². The van der Waals surface area contributed by atoms with Gasteiger partial charge in [-0.3, -0.25) is 4.79 Å². The Morgan fingerprint density at radius 1 is 1.23 bits per heavy atom. The second-order valence-corrected chi connectivity index (χ2v) is 5.67. The molecular weight excluding hydrogens is 295 g/mol. The lowest BCUT2D eigenvalue weighted by atomic mass is 9.90. The lowest BCUT2D eigenvalue weighted by Gasteiger charge is -2.32. The molecule has 0 aromatic heterocycles. The Kier molecular flexibility index (Phi) is 5.32. The van der Waals surface area contributed by atoms with E-state index in [1.165, 1.54) is 10.5 Å². The third kappa shape index (κ3) is 4.93. The Labute approximate surface area is 128 Å². The maximum Gasteiger partial charge on any atom is 0.397 e. The molecule has 0 N–H and O–H groups in total. The minimum Gasteiger partial charge on any atom is -0.497 e. The number of nitrogens with zero attached hydrogens (tertiary/aromatic N) is 1. The van der Waals surface area contributed by atoms with Crippen LogP contribution in [0.3, 0.4) is 0 Å². The summed E-state index contributed by atoms with van der Waals surface area (Å²) in [5.74, 6) is 0.398. The van der Waals surface area contributed by atoms with Gasteiger partial charge in [-0.05, 0) is 42.9 Å². The number of piperidine rings is 1. The number of carbonyl (C=O) groups is 1. The van der Waals surface area contributed by atoms with E-state index in [-0.39, 0.29) is 0 Å². The summed E-state index contributed by atoms with van der Waals surface area (Å²) in [5.41, 5.74) is 1.18. The fourth-order valence-corrected chi connectivity index (χ4v) is 2.76. The molecule has 0 aliphatic carbocycles. The number of amides is 1. The molecule has 1 aromatic rings. The molecule has 0 radical (unpaired) electrons. The van der Waals surface area contributed by atoms with Gasteiger partial charge >= 0.3 is 6.18 Å². The first-order valence-electron chi connectivity index (χ1n) is 7.35.